The van der Waals surface area contributed by atoms with Gasteiger partial charge in [0, 0.05) is 50.2 Å². The first kappa shape index (κ1) is 14.9. The molecule has 1 fully saturated rings. The van der Waals surface area contributed by atoms with Gasteiger partial charge in [0.15, 0.2) is 0 Å². The van der Waals surface area contributed by atoms with Crippen LogP contribution in [-0.4, -0.2) is 53.5 Å². The molecular weight excluding hydrogens is 256 g/mol. The van der Waals surface area contributed by atoms with E-state index in [0.29, 0.717) is 0 Å². The van der Waals surface area contributed by atoms with E-state index in [0.717, 1.165) is 26.2 Å². The van der Waals surface area contributed by atoms with E-state index in [9.17, 15) is 0 Å². The van der Waals surface area contributed by atoms with E-state index in [1.54, 1.807) is 11.3 Å². The lowest BCUT2D eigenvalue weighted by atomic mass is 10.1. The number of rotatable bonds is 4. The van der Waals surface area contributed by atoms with Crippen molar-refractivity contribution in [2.45, 2.75) is 39.4 Å². The minimum Gasteiger partial charge on any atom is -0.306 e. The van der Waals surface area contributed by atoms with E-state index in [1.165, 1.54) is 23.8 Å². The van der Waals surface area contributed by atoms with Gasteiger partial charge in [-0.3, -0.25) is 4.90 Å². The van der Waals surface area contributed by atoms with Crippen LogP contribution in [0.4, 0.5) is 0 Å². The summed E-state index contributed by atoms with van der Waals surface area (Å²) in [6, 6.07) is 0. The van der Waals surface area contributed by atoms with Crippen LogP contribution in [0.3, 0.4) is 0 Å². The molecule has 1 aromatic rings. The molecule has 19 heavy (non-hydrogen) atoms. The van der Waals surface area contributed by atoms with Crippen LogP contribution in [0.5, 0.6) is 0 Å². The zero-order valence-electron chi connectivity index (χ0n) is 12.6. The van der Waals surface area contributed by atoms with Gasteiger partial charge in [-0.1, -0.05) is 0 Å². The average molecular weight is 282 g/mol. The first-order chi connectivity index (χ1) is 8.92. The molecule has 0 bridgehead atoms. The second kappa shape index (κ2) is 6.31. The molecule has 0 unspecified atom stereocenters. The van der Waals surface area contributed by atoms with E-state index < -0.39 is 0 Å². The quantitative estimate of drug-likeness (QED) is 0.912. The Morgan fingerprint density at radius 3 is 2.58 bits per heavy atom. The van der Waals surface area contributed by atoms with Crippen LogP contribution in [0.1, 0.15) is 31.5 Å². The van der Waals surface area contributed by atoms with E-state index >= 15 is 0 Å². The molecular formula is C14H26N4S. The Morgan fingerprint density at radius 1 is 1.26 bits per heavy atom. The van der Waals surface area contributed by atoms with Crippen LogP contribution < -0.4 is 5.32 Å². The number of nitrogens with one attached hydrogen (secondary N) is 1. The van der Waals surface area contributed by atoms with Gasteiger partial charge in [-0.05, 0) is 27.8 Å². The first-order valence-electron chi connectivity index (χ1n) is 7.01. The Bertz CT molecular complexity index is 388. The normalized spacial score (nSPS) is 18.9. The summed E-state index contributed by atoms with van der Waals surface area (Å²) in [4.78, 5) is 9.61. The van der Waals surface area contributed by atoms with Gasteiger partial charge < -0.3 is 10.2 Å². The minimum absolute atomic E-state index is 0.156. The van der Waals surface area contributed by atoms with E-state index in [-0.39, 0.29) is 5.54 Å². The molecule has 5 heteroatoms. The summed E-state index contributed by atoms with van der Waals surface area (Å²) >= 11 is 1.77. The lowest BCUT2D eigenvalue weighted by Gasteiger charge is -2.31. The Morgan fingerprint density at radius 2 is 1.95 bits per heavy atom. The maximum atomic E-state index is 4.73. The summed E-state index contributed by atoms with van der Waals surface area (Å²) in [6.07, 6.45) is 0. The Labute approximate surface area is 120 Å². The number of piperazine rings is 1. The number of likely N-dealkylation sites (N-methyl/N-ethyl adjacent to an activating group) is 1. The van der Waals surface area contributed by atoms with E-state index in [4.69, 9.17) is 4.98 Å². The molecule has 0 spiro atoms. The van der Waals surface area contributed by atoms with Gasteiger partial charge in [0.2, 0.25) is 0 Å². The summed E-state index contributed by atoms with van der Waals surface area (Å²) in [5.41, 5.74) is 1.38. The van der Waals surface area contributed by atoms with Crippen LogP contribution in [-0.2, 0) is 13.1 Å². The van der Waals surface area contributed by atoms with Crippen LogP contribution in [0.15, 0.2) is 5.38 Å². The Balaban J connectivity index is 1.80. The molecule has 0 amide bonds. The number of hydrogen-bond acceptors (Lipinski definition) is 5. The van der Waals surface area contributed by atoms with Gasteiger partial charge in [0.05, 0.1) is 5.69 Å². The summed E-state index contributed by atoms with van der Waals surface area (Å²) in [6.45, 7) is 13.1. The number of aromatic nitrogens is 1. The number of thiazole rings is 1. The third-order valence-electron chi connectivity index (χ3n) is 3.35. The standard InChI is InChI=1S/C14H26N4S/c1-14(2,3)15-9-13-16-12(11-19-13)10-18-7-5-17(4)6-8-18/h11,15H,5-10H2,1-4H3. The molecule has 1 N–H and O–H groups in total. The van der Waals surface area contributed by atoms with Crippen LogP contribution >= 0.6 is 11.3 Å². The highest BCUT2D eigenvalue weighted by molar-refractivity contribution is 7.09. The van der Waals surface area contributed by atoms with Crippen molar-refractivity contribution in [2.75, 3.05) is 33.2 Å². The summed E-state index contributed by atoms with van der Waals surface area (Å²) in [5.74, 6) is 0. The maximum absolute atomic E-state index is 4.73. The van der Waals surface area contributed by atoms with Crippen molar-refractivity contribution < 1.29 is 0 Å². The maximum Gasteiger partial charge on any atom is 0.107 e. The highest BCUT2D eigenvalue weighted by atomic mass is 32.1. The number of hydrogen-bond donors (Lipinski definition) is 1. The summed E-state index contributed by atoms with van der Waals surface area (Å²) in [5, 5.41) is 6.89. The zero-order chi connectivity index (χ0) is 13.9. The third-order valence-corrected chi connectivity index (χ3v) is 4.25. The molecule has 108 valence electrons. The van der Waals surface area contributed by atoms with Gasteiger partial charge in [-0.2, -0.15) is 0 Å². The molecule has 0 atom stereocenters. The molecule has 0 aliphatic carbocycles. The Kier molecular flexibility index (Phi) is 4.95. The van der Waals surface area contributed by atoms with Crippen LogP contribution in [0.2, 0.25) is 0 Å². The van der Waals surface area contributed by atoms with Gasteiger partial charge in [-0.25, -0.2) is 4.98 Å². The fourth-order valence-electron chi connectivity index (χ4n) is 2.08. The minimum atomic E-state index is 0.156. The smallest absolute Gasteiger partial charge is 0.107 e. The molecule has 1 aliphatic heterocycles. The molecule has 4 nitrogen and oxygen atoms in total. The van der Waals surface area contributed by atoms with Crippen LogP contribution in [0, 0.1) is 0 Å². The zero-order valence-corrected chi connectivity index (χ0v) is 13.4. The molecule has 1 aliphatic rings. The SMILES string of the molecule is CN1CCN(Cc2csc(CNC(C)(C)C)n2)CC1. The molecule has 1 saturated heterocycles. The van der Waals surface area contributed by atoms with Crippen molar-refractivity contribution in [1.29, 1.82) is 0 Å². The van der Waals surface area contributed by atoms with Gasteiger partial charge in [-0.15, -0.1) is 11.3 Å². The topological polar surface area (TPSA) is 31.4 Å². The molecule has 1 aromatic heterocycles. The third kappa shape index (κ3) is 5.18. The first-order valence-corrected chi connectivity index (χ1v) is 7.89. The highest BCUT2D eigenvalue weighted by Crippen LogP contribution is 2.14. The largest absolute Gasteiger partial charge is 0.306 e. The molecule has 0 saturated carbocycles. The van der Waals surface area contributed by atoms with Gasteiger partial charge in [0.25, 0.3) is 0 Å². The van der Waals surface area contributed by atoms with Crippen molar-refractivity contribution in [3.63, 3.8) is 0 Å². The van der Waals surface area contributed by atoms with Crippen molar-refractivity contribution in [3.05, 3.63) is 16.1 Å². The summed E-state index contributed by atoms with van der Waals surface area (Å²) in [7, 11) is 2.19. The molecule has 0 aromatic carbocycles. The fraction of sp³-hybridized carbons (Fsp3) is 0.786. The highest BCUT2D eigenvalue weighted by Gasteiger charge is 2.15. The van der Waals surface area contributed by atoms with Crippen molar-refractivity contribution in [3.8, 4) is 0 Å². The molecule has 2 heterocycles. The van der Waals surface area contributed by atoms with Crippen molar-refractivity contribution >= 4 is 11.3 Å². The lowest BCUT2D eigenvalue weighted by Crippen LogP contribution is -2.43. The predicted octanol–water partition coefficient (Wildman–Crippen LogP) is 1.78. The lowest BCUT2D eigenvalue weighted by molar-refractivity contribution is 0.147. The Hall–Kier alpha value is -0.490. The monoisotopic (exact) mass is 282 g/mol. The molecule has 2 rings (SSSR count). The molecule has 0 radical (unpaired) electrons. The van der Waals surface area contributed by atoms with Gasteiger partial charge in [0.1, 0.15) is 5.01 Å². The van der Waals surface area contributed by atoms with Crippen molar-refractivity contribution in [1.82, 2.24) is 20.1 Å². The fourth-order valence-corrected chi connectivity index (χ4v) is 2.80. The van der Waals surface area contributed by atoms with Gasteiger partial charge >= 0.3 is 0 Å². The number of nitrogens with zero attached hydrogens (tertiary/aromatic N) is 3. The average Bonchev–Trinajstić information content (AvgIpc) is 2.77. The van der Waals surface area contributed by atoms with Crippen LogP contribution in [0.25, 0.3) is 0 Å². The van der Waals surface area contributed by atoms with Crippen molar-refractivity contribution in [2.24, 2.45) is 0 Å². The van der Waals surface area contributed by atoms with E-state index in [2.05, 4.69) is 48.3 Å². The second-order valence-electron chi connectivity index (χ2n) is 6.42. The van der Waals surface area contributed by atoms with E-state index in [1.807, 2.05) is 0 Å². The predicted molar refractivity (Wildman–Crippen MR) is 81.5 cm³/mol. The summed E-state index contributed by atoms with van der Waals surface area (Å²) < 4.78 is 0. The second-order valence-corrected chi connectivity index (χ2v) is 7.36.